The van der Waals surface area contributed by atoms with Gasteiger partial charge in [-0.25, -0.2) is 0 Å². The van der Waals surface area contributed by atoms with E-state index in [1.807, 2.05) is 6.92 Å². The molecule has 0 spiro atoms. The molecule has 0 saturated heterocycles. The van der Waals surface area contributed by atoms with Gasteiger partial charge in [-0.05, 0) is 37.1 Å². The average molecular weight is 284 g/mol. The predicted molar refractivity (Wildman–Crippen MR) is 80.7 cm³/mol. The van der Waals surface area contributed by atoms with E-state index in [4.69, 9.17) is 23.1 Å². The molecule has 0 saturated carbocycles. The summed E-state index contributed by atoms with van der Waals surface area (Å²) in [5.41, 5.74) is 12.4. The largest absolute Gasteiger partial charge is 0.371 e. The third kappa shape index (κ3) is 4.11. The van der Waals surface area contributed by atoms with Crippen molar-refractivity contribution in [1.82, 2.24) is 0 Å². The number of primary amides is 1. The smallest absolute Gasteiger partial charge is 0.250 e. The first-order valence-electron chi connectivity index (χ1n) is 6.35. The molecule has 0 bridgehead atoms. The second-order valence-corrected chi connectivity index (χ2v) is 5.84. The number of rotatable bonds is 6. The summed E-state index contributed by atoms with van der Waals surface area (Å²) in [7, 11) is 0. The van der Waals surface area contributed by atoms with Crippen molar-refractivity contribution < 1.29 is 4.79 Å². The van der Waals surface area contributed by atoms with Crippen molar-refractivity contribution in [2.75, 3.05) is 24.5 Å². The number of nitrogens with two attached hydrogens (primary N) is 2. The summed E-state index contributed by atoms with van der Waals surface area (Å²) in [4.78, 5) is 13.6. The van der Waals surface area contributed by atoms with E-state index >= 15 is 0 Å². The number of hydrogen-bond donors (Lipinski definition) is 2. The first kappa shape index (κ1) is 15.8. The summed E-state index contributed by atoms with van der Waals surface area (Å²) in [5.74, 6) is -0.448. The highest BCUT2D eigenvalue weighted by atomic mass is 35.5. The van der Waals surface area contributed by atoms with E-state index in [2.05, 4.69) is 18.7 Å². The van der Waals surface area contributed by atoms with E-state index < -0.39 is 5.91 Å². The van der Waals surface area contributed by atoms with Gasteiger partial charge in [-0.2, -0.15) is 0 Å². The van der Waals surface area contributed by atoms with Gasteiger partial charge in [0, 0.05) is 18.1 Å². The zero-order chi connectivity index (χ0) is 14.6. The highest BCUT2D eigenvalue weighted by Crippen LogP contribution is 2.27. The molecule has 0 heterocycles. The molecule has 4 N–H and O–H groups in total. The lowest BCUT2D eigenvalue weighted by molar-refractivity contribution is 0.100. The Labute approximate surface area is 119 Å². The third-order valence-corrected chi connectivity index (χ3v) is 3.35. The number of carbonyl (C=O) groups is 1. The van der Waals surface area contributed by atoms with Crippen LogP contribution in [0, 0.1) is 5.41 Å². The Kier molecular flexibility index (Phi) is 5.20. The quantitative estimate of drug-likeness (QED) is 0.841. The molecule has 106 valence electrons. The number of halogens is 1. The van der Waals surface area contributed by atoms with Crippen LogP contribution in [0.5, 0.6) is 0 Å². The van der Waals surface area contributed by atoms with E-state index in [1.165, 1.54) is 0 Å². The van der Waals surface area contributed by atoms with Crippen molar-refractivity contribution in [3.8, 4) is 0 Å². The van der Waals surface area contributed by atoms with Gasteiger partial charge in [-0.1, -0.05) is 25.4 Å². The predicted octanol–water partition coefficient (Wildman–Crippen LogP) is 2.25. The lowest BCUT2D eigenvalue weighted by atomic mass is 9.92. The van der Waals surface area contributed by atoms with Crippen LogP contribution in [0.15, 0.2) is 18.2 Å². The van der Waals surface area contributed by atoms with Crippen LogP contribution < -0.4 is 16.4 Å². The Morgan fingerprint density at radius 1 is 1.42 bits per heavy atom. The monoisotopic (exact) mass is 283 g/mol. The van der Waals surface area contributed by atoms with Crippen LogP contribution in [-0.4, -0.2) is 25.5 Å². The van der Waals surface area contributed by atoms with Crippen molar-refractivity contribution in [2.24, 2.45) is 16.9 Å². The third-order valence-electron chi connectivity index (χ3n) is 3.12. The summed E-state index contributed by atoms with van der Waals surface area (Å²) in [6, 6.07) is 5.11. The van der Waals surface area contributed by atoms with Crippen molar-refractivity contribution in [3.63, 3.8) is 0 Å². The Bertz CT molecular complexity index is 460. The Balaban J connectivity index is 3.17. The average Bonchev–Trinajstić information content (AvgIpc) is 2.35. The van der Waals surface area contributed by atoms with Gasteiger partial charge in [0.2, 0.25) is 0 Å². The summed E-state index contributed by atoms with van der Waals surface area (Å²) in [5, 5.41) is 0.587. The molecule has 0 aliphatic rings. The van der Waals surface area contributed by atoms with Crippen LogP contribution in [-0.2, 0) is 0 Å². The Morgan fingerprint density at radius 3 is 2.53 bits per heavy atom. The van der Waals surface area contributed by atoms with Gasteiger partial charge in [0.25, 0.3) is 5.91 Å². The number of nitrogens with zero attached hydrogens (tertiary/aromatic N) is 1. The van der Waals surface area contributed by atoms with Crippen LogP contribution in [0.3, 0.4) is 0 Å². The molecule has 0 aliphatic carbocycles. The summed E-state index contributed by atoms with van der Waals surface area (Å²) < 4.78 is 0. The van der Waals surface area contributed by atoms with Gasteiger partial charge in [0.1, 0.15) is 0 Å². The molecule has 0 radical (unpaired) electrons. The van der Waals surface area contributed by atoms with Gasteiger partial charge in [-0.15, -0.1) is 0 Å². The summed E-state index contributed by atoms with van der Waals surface area (Å²) in [6.07, 6.45) is 0. The molecule has 1 rings (SSSR count). The van der Waals surface area contributed by atoms with Gasteiger partial charge in [0.05, 0.1) is 11.3 Å². The molecule has 1 aromatic carbocycles. The van der Waals surface area contributed by atoms with Gasteiger partial charge < -0.3 is 16.4 Å². The maximum absolute atomic E-state index is 11.5. The first-order chi connectivity index (χ1) is 8.80. The minimum atomic E-state index is -0.448. The molecule has 0 atom stereocenters. The van der Waals surface area contributed by atoms with Crippen molar-refractivity contribution in [2.45, 2.75) is 20.8 Å². The Hall–Kier alpha value is -1.26. The van der Waals surface area contributed by atoms with Crippen LogP contribution >= 0.6 is 11.6 Å². The number of hydrogen-bond acceptors (Lipinski definition) is 3. The molecule has 0 aliphatic heterocycles. The van der Waals surface area contributed by atoms with E-state index in [0.29, 0.717) is 17.1 Å². The zero-order valence-electron chi connectivity index (χ0n) is 11.7. The highest BCUT2D eigenvalue weighted by molar-refractivity contribution is 6.31. The zero-order valence-corrected chi connectivity index (χ0v) is 12.5. The van der Waals surface area contributed by atoms with E-state index in [0.717, 1.165) is 18.8 Å². The maximum atomic E-state index is 11.5. The van der Waals surface area contributed by atoms with Gasteiger partial charge in [-0.3, -0.25) is 4.79 Å². The fraction of sp³-hybridized carbons (Fsp3) is 0.500. The van der Waals surface area contributed by atoms with E-state index in [9.17, 15) is 4.79 Å². The molecule has 1 amide bonds. The van der Waals surface area contributed by atoms with Crippen molar-refractivity contribution in [1.29, 1.82) is 0 Å². The van der Waals surface area contributed by atoms with Crippen molar-refractivity contribution in [3.05, 3.63) is 28.8 Å². The molecule has 5 heteroatoms. The minimum absolute atomic E-state index is 0.0484. The van der Waals surface area contributed by atoms with Crippen LogP contribution in [0.1, 0.15) is 31.1 Å². The Morgan fingerprint density at radius 2 is 2.05 bits per heavy atom. The normalized spacial score (nSPS) is 11.4. The SMILES string of the molecule is CCN(CC(C)(C)CN)c1cc(Cl)ccc1C(N)=O. The molecule has 0 unspecified atom stereocenters. The number of amides is 1. The second-order valence-electron chi connectivity index (χ2n) is 5.41. The molecule has 0 fully saturated rings. The molecular formula is C14H22ClN3O. The second kappa shape index (κ2) is 6.26. The molecule has 4 nitrogen and oxygen atoms in total. The minimum Gasteiger partial charge on any atom is -0.371 e. The molecular weight excluding hydrogens is 262 g/mol. The van der Waals surface area contributed by atoms with Crippen LogP contribution in [0.25, 0.3) is 0 Å². The number of anilines is 1. The fourth-order valence-electron chi connectivity index (χ4n) is 1.92. The van der Waals surface area contributed by atoms with Crippen molar-refractivity contribution >= 4 is 23.2 Å². The standard InChI is InChI=1S/C14H22ClN3O/c1-4-18(9-14(2,3)8-16)12-7-10(15)5-6-11(12)13(17)19/h5-7H,4,8-9,16H2,1-3H3,(H2,17,19). The van der Waals surface area contributed by atoms with Gasteiger partial charge in [0.15, 0.2) is 0 Å². The lowest BCUT2D eigenvalue weighted by Gasteiger charge is -2.33. The van der Waals surface area contributed by atoms with Gasteiger partial charge >= 0.3 is 0 Å². The molecule has 1 aromatic rings. The van der Waals surface area contributed by atoms with Crippen LogP contribution in [0.2, 0.25) is 5.02 Å². The van der Waals surface area contributed by atoms with Crippen LogP contribution in [0.4, 0.5) is 5.69 Å². The first-order valence-corrected chi connectivity index (χ1v) is 6.73. The number of carbonyl (C=O) groups excluding carboxylic acids is 1. The highest BCUT2D eigenvalue weighted by Gasteiger charge is 2.22. The summed E-state index contributed by atoms with van der Waals surface area (Å²) >= 11 is 6.02. The topological polar surface area (TPSA) is 72.3 Å². The summed E-state index contributed by atoms with van der Waals surface area (Å²) in [6.45, 7) is 8.26. The van der Waals surface area contributed by atoms with E-state index in [-0.39, 0.29) is 5.41 Å². The lowest BCUT2D eigenvalue weighted by Crippen LogP contribution is -2.39. The molecule has 0 aromatic heterocycles. The number of benzene rings is 1. The van der Waals surface area contributed by atoms with E-state index in [1.54, 1.807) is 18.2 Å². The molecule has 19 heavy (non-hydrogen) atoms. The fourth-order valence-corrected chi connectivity index (χ4v) is 2.09. The maximum Gasteiger partial charge on any atom is 0.250 e.